The fourth-order valence-corrected chi connectivity index (χ4v) is 1.78. The molecule has 0 aliphatic heterocycles. The molecule has 1 rings (SSSR count). The normalized spacial score (nSPS) is 11.8. The van der Waals surface area contributed by atoms with Crippen LogP contribution in [0.4, 0.5) is 5.82 Å². The average Bonchev–Trinajstić information content (AvgIpc) is 2.28. The molecule has 1 aromatic rings. The SMILES string of the molecule is C=CCNC(=O)C(C)Sc1nccnc1N. The molecule has 6 heteroatoms. The highest BCUT2D eigenvalue weighted by molar-refractivity contribution is 8.00. The number of nitrogens with two attached hydrogens (primary N) is 1. The van der Waals surface area contributed by atoms with Crippen LogP contribution in [0, 0.1) is 0 Å². The fourth-order valence-electron chi connectivity index (χ4n) is 0.964. The van der Waals surface area contributed by atoms with Crippen LogP contribution in [-0.2, 0) is 4.79 Å². The maximum absolute atomic E-state index is 11.5. The van der Waals surface area contributed by atoms with Crippen LogP contribution < -0.4 is 11.1 Å². The second kappa shape index (κ2) is 6.12. The number of aromatic nitrogens is 2. The number of hydrogen-bond acceptors (Lipinski definition) is 5. The summed E-state index contributed by atoms with van der Waals surface area (Å²) in [6.45, 7) is 5.77. The average molecular weight is 238 g/mol. The van der Waals surface area contributed by atoms with Crippen molar-refractivity contribution in [2.75, 3.05) is 12.3 Å². The zero-order chi connectivity index (χ0) is 12.0. The second-order valence-electron chi connectivity index (χ2n) is 3.04. The molecule has 16 heavy (non-hydrogen) atoms. The third-order valence-electron chi connectivity index (χ3n) is 1.77. The topological polar surface area (TPSA) is 80.9 Å². The lowest BCUT2D eigenvalue weighted by Crippen LogP contribution is -2.30. The first kappa shape index (κ1) is 12.5. The number of nitrogens with zero attached hydrogens (tertiary/aromatic N) is 2. The van der Waals surface area contributed by atoms with Crippen LogP contribution >= 0.6 is 11.8 Å². The Bertz CT molecular complexity index is 383. The minimum atomic E-state index is -0.265. The highest BCUT2D eigenvalue weighted by Gasteiger charge is 2.15. The first-order chi connectivity index (χ1) is 7.65. The first-order valence-corrected chi connectivity index (χ1v) is 5.65. The Morgan fingerprint density at radius 3 is 3.00 bits per heavy atom. The molecule has 1 aromatic heterocycles. The van der Waals surface area contributed by atoms with E-state index in [1.807, 2.05) is 0 Å². The standard InChI is InChI=1S/C10H14N4OS/c1-3-4-13-9(15)7(2)16-10-8(11)12-5-6-14-10/h3,5-7H,1,4H2,2H3,(H2,11,12)(H,13,15). The molecule has 1 heterocycles. The Morgan fingerprint density at radius 2 is 2.38 bits per heavy atom. The highest BCUT2D eigenvalue weighted by atomic mass is 32.2. The third-order valence-corrected chi connectivity index (χ3v) is 2.87. The summed E-state index contributed by atoms with van der Waals surface area (Å²) < 4.78 is 0. The van der Waals surface area contributed by atoms with Gasteiger partial charge in [0, 0.05) is 18.9 Å². The lowest BCUT2D eigenvalue weighted by atomic mass is 10.4. The van der Waals surface area contributed by atoms with Crippen molar-refractivity contribution in [2.24, 2.45) is 0 Å². The summed E-state index contributed by atoms with van der Waals surface area (Å²) in [5, 5.41) is 3.01. The van der Waals surface area contributed by atoms with Crippen molar-refractivity contribution in [1.82, 2.24) is 15.3 Å². The van der Waals surface area contributed by atoms with E-state index in [-0.39, 0.29) is 11.2 Å². The lowest BCUT2D eigenvalue weighted by molar-refractivity contribution is -0.120. The number of anilines is 1. The van der Waals surface area contributed by atoms with E-state index in [2.05, 4.69) is 21.9 Å². The monoisotopic (exact) mass is 238 g/mol. The van der Waals surface area contributed by atoms with Gasteiger partial charge in [0.1, 0.15) is 5.03 Å². The molecule has 1 unspecified atom stereocenters. The van der Waals surface area contributed by atoms with Gasteiger partial charge in [0.15, 0.2) is 5.82 Å². The van der Waals surface area contributed by atoms with E-state index >= 15 is 0 Å². The Balaban J connectivity index is 2.57. The number of thioether (sulfide) groups is 1. The molecular formula is C10H14N4OS. The molecule has 0 spiro atoms. The maximum atomic E-state index is 11.5. The Morgan fingerprint density at radius 1 is 1.69 bits per heavy atom. The Labute approximate surface area is 98.5 Å². The summed E-state index contributed by atoms with van der Waals surface area (Å²) in [6, 6.07) is 0. The van der Waals surface area contributed by atoms with Gasteiger partial charge in [0.2, 0.25) is 5.91 Å². The maximum Gasteiger partial charge on any atom is 0.233 e. The van der Waals surface area contributed by atoms with E-state index in [9.17, 15) is 4.79 Å². The van der Waals surface area contributed by atoms with E-state index in [0.29, 0.717) is 17.4 Å². The van der Waals surface area contributed by atoms with Crippen LogP contribution in [0.3, 0.4) is 0 Å². The van der Waals surface area contributed by atoms with Gasteiger partial charge in [-0.2, -0.15) is 0 Å². The summed E-state index contributed by atoms with van der Waals surface area (Å²) in [7, 11) is 0. The minimum Gasteiger partial charge on any atom is -0.381 e. The Hall–Kier alpha value is -1.56. The van der Waals surface area contributed by atoms with Crippen molar-refractivity contribution in [1.29, 1.82) is 0 Å². The molecular weight excluding hydrogens is 224 g/mol. The van der Waals surface area contributed by atoms with Gasteiger partial charge in [-0.25, -0.2) is 9.97 Å². The first-order valence-electron chi connectivity index (χ1n) is 4.77. The lowest BCUT2D eigenvalue weighted by Gasteiger charge is -2.10. The second-order valence-corrected chi connectivity index (χ2v) is 4.37. The number of amides is 1. The van der Waals surface area contributed by atoms with Crippen LogP contribution in [0.15, 0.2) is 30.1 Å². The van der Waals surface area contributed by atoms with Gasteiger partial charge >= 0.3 is 0 Å². The van der Waals surface area contributed by atoms with E-state index in [1.165, 1.54) is 18.0 Å². The van der Waals surface area contributed by atoms with Crippen molar-refractivity contribution >= 4 is 23.5 Å². The summed E-state index contributed by atoms with van der Waals surface area (Å²) in [6.07, 6.45) is 4.70. The van der Waals surface area contributed by atoms with E-state index in [0.717, 1.165) is 0 Å². The van der Waals surface area contributed by atoms with Gasteiger partial charge < -0.3 is 11.1 Å². The summed E-state index contributed by atoms with van der Waals surface area (Å²) in [5.41, 5.74) is 5.63. The van der Waals surface area contributed by atoms with E-state index in [1.54, 1.807) is 19.2 Å². The zero-order valence-corrected chi connectivity index (χ0v) is 9.83. The molecule has 0 bridgehead atoms. The van der Waals surface area contributed by atoms with Gasteiger partial charge in [0.25, 0.3) is 0 Å². The molecule has 3 N–H and O–H groups in total. The molecule has 0 saturated carbocycles. The molecule has 0 aromatic carbocycles. The Kier molecular flexibility index (Phi) is 4.78. The zero-order valence-electron chi connectivity index (χ0n) is 9.01. The predicted octanol–water partition coefficient (Wildman–Crippen LogP) is 0.842. The number of carbonyl (C=O) groups is 1. The number of rotatable bonds is 5. The molecule has 86 valence electrons. The highest BCUT2D eigenvalue weighted by Crippen LogP contribution is 2.24. The number of hydrogen-bond donors (Lipinski definition) is 2. The van der Waals surface area contributed by atoms with E-state index < -0.39 is 0 Å². The van der Waals surface area contributed by atoms with Gasteiger partial charge in [-0.05, 0) is 6.92 Å². The van der Waals surface area contributed by atoms with Crippen molar-refractivity contribution in [3.05, 3.63) is 25.0 Å². The van der Waals surface area contributed by atoms with Crippen molar-refractivity contribution in [2.45, 2.75) is 17.2 Å². The number of nitrogens with one attached hydrogen (secondary N) is 1. The molecule has 0 fully saturated rings. The molecule has 1 amide bonds. The van der Waals surface area contributed by atoms with Crippen LogP contribution in [-0.4, -0.2) is 27.7 Å². The minimum absolute atomic E-state index is 0.0741. The van der Waals surface area contributed by atoms with Gasteiger partial charge in [-0.3, -0.25) is 4.79 Å². The summed E-state index contributed by atoms with van der Waals surface area (Å²) in [4.78, 5) is 19.5. The van der Waals surface area contributed by atoms with Crippen molar-refractivity contribution in [3.63, 3.8) is 0 Å². The molecule has 5 nitrogen and oxygen atoms in total. The smallest absolute Gasteiger partial charge is 0.233 e. The van der Waals surface area contributed by atoms with Crippen LogP contribution in [0.25, 0.3) is 0 Å². The van der Waals surface area contributed by atoms with Crippen LogP contribution in [0.5, 0.6) is 0 Å². The van der Waals surface area contributed by atoms with Gasteiger partial charge in [-0.15, -0.1) is 6.58 Å². The molecule has 0 saturated heterocycles. The summed E-state index contributed by atoms with van der Waals surface area (Å²) in [5.74, 6) is 0.269. The predicted molar refractivity (Wildman–Crippen MR) is 65.0 cm³/mol. The molecule has 0 aliphatic rings. The van der Waals surface area contributed by atoms with Crippen LogP contribution in [0.1, 0.15) is 6.92 Å². The molecule has 0 radical (unpaired) electrons. The number of carbonyl (C=O) groups excluding carboxylic acids is 1. The van der Waals surface area contributed by atoms with E-state index in [4.69, 9.17) is 5.73 Å². The van der Waals surface area contributed by atoms with Crippen molar-refractivity contribution < 1.29 is 4.79 Å². The molecule has 1 atom stereocenters. The largest absolute Gasteiger partial charge is 0.381 e. The summed E-state index contributed by atoms with van der Waals surface area (Å²) >= 11 is 1.28. The van der Waals surface area contributed by atoms with Gasteiger partial charge in [0.05, 0.1) is 5.25 Å². The van der Waals surface area contributed by atoms with Crippen LogP contribution in [0.2, 0.25) is 0 Å². The van der Waals surface area contributed by atoms with Gasteiger partial charge in [-0.1, -0.05) is 17.8 Å². The quantitative estimate of drug-likeness (QED) is 0.587. The molecule has 0 aliphatic carbocycles. The third kappa shape index (κ3) is 3.54. The fraction of sp³-hybridized carbons (Fsp3) is 0.300. The number of nitrogen functional groups attached to an aromatic ring is 1. The van der Waals surface area contributed by atoms with Crippen molar-refractivity contribution in [3.8, 4) is 0 Å².